The molecule has 1 aliphatic rings. The molecule has 106 valence electrons. The third-order valence-corrected chi connectivity index (χ3v) is 4.54. The maximum atomic E-state index is 6.22. The first-order valence-corrected chi connectivity index (χ1v) is 7.58. The summed E-state index contributed by atoms with van der Waals surface area (Å²) in [5.74, 6) is 0.974. The maximum absolute atomic E-state index is 6.22. The highest BCUT2D eigenvalue weighted by molar-refractivity contribution is 6.30. The monoisotopic (exact) mass is 281 g/mol. The third kappa shape index (κ3) is 3.24. The van der Waals surface area contributed by atoms with E-state index in [0.717, 1.165) is 17.3 Å². The molecule has 19 heavy (non-hydrogen) atoms. The van der Waals surface area contributed by atoms with Crippen LogP contribution in [0.1, 0.15) is 44.1 Å². The Morgan fingerprint density at radius 2 is 1.89 bits per heavy atom. The van der Waals surface area contributed by atoms with Gasteiger partial charge >= 0.3 is 0 Å². The molecule has 1 fully saturated rings. The second-order valence-corrected chi connectivity index (χ2v) is 6.01. The Labute approximate surface area is 121 Å². The highest BCUT2D eigenvalue weighted by Crippen LogP contribution is 2.42. The molecule has 0 radical (unpaired) electrons. The first kappa shape index (κ1) is 14.7. The SMILES string of the molecule is CNCC1(c2cc(Cl)ccc2OC)CCCCCC1. The zero-order chi connectivity index (χ0) is 13.7. The van der Waals surface area contributed by atoms with Crippen molar-refractivity contribution in [3.05, 3.63) is 28.8 Å². The lowest BCUT2D eigenvalue weighted by atomic mass is 9.73. The molecule has 0 saturated heterocycles. The highest BCUT2D eigenvalue weighted by atomic mass is 35.5. The van der Waals surface area contributed by atoms with E-state index in [9.17, 15) is 0 Å². The fourth-order valence-corrected chi connectivity index (χ4v) is 3.55. The van der Waals surface area contributed by atoms with Crippen LogP contribution < -0.4 is 10.1 Å². The van der Waals surface area contributed by atoms with Crippen LogP contribution in [0.15, 0.2) is 18.2 Å². The Morgan fingerprint density at radius 3 is 2.47 bits per heavy atom. The lowest BCUT2D eigenvalue weighted by Gasteiger charge is -2.34. The Bertz CT molecular complexity index is 411. The van der Waals surface area contributed by atoms with E-state index in [-0.39, 0.29) is 5.41 Å². The van der Waals surface area contributed by atoms with Gasteiger partial charge < -0.3 is 10.1 Å². The highest BCUT2D eigenvalue weighted by Gasteiger charge is 2.34. The summed E-state index contributed by atoms with van der Waals surface area (Å²) < 4.78 is 5.58. The molecule has 3 heteroatoms. The van der Waals surface area contributed by atoms with Crippen molar-refractivity contribution in [2.24, 2.45) is 0 Å². The number of methoxy groups -OCH3 is 1. The van der Waals surface area contributed by atoms with E-state index in [2.05, 4.69) is 11.4 Å². The summed E-state index contributed by atoms with van der Waals surface area (Å²) in [6, 6.07) is 6.01. The molecule has 0 spiro atoms. The van der Waals surface area contributed by atoms with Gasteiger partial charge in [-0.15, -0.1) is 0 Å². The predicted octanol–water partition coefficient (Wildman–Crippen LogP) is 4.16. The number of hydrogen-bond acceptors (Lipinski definition) is 2. The Morgan fingerprint density at radius 1 is 1.21 bits per heavy atom. The Hall–Kier alpha value is -0.730. The summed E-state index contributed by atoms with van der Waals surface area (Å²) >= 11 is 6.22. The van der Waals surface area contributed by atoms with Crippen LogP contribution in [0.2, 0.25) is 5.02 Å². The van der Waals surface area contributed by atoms with Gasteiger partial charge in [0.2, 0.25) is 0 Å². The van der Waals surface area contributed by atoms with Crippen LogP contribution in [0, 0.1) is 0 Å². The van der Waals surface area contributed by atoms with Crippen molar-refractivity contribution < 1.29 is 4.74 Å². The van der Waals surface area contributed by atoms with Crippen LogP contribution >= 0.6 is 11.6 Å². The van der Waals surface area contributed by atoms with Gasteiger partial charge in [-0.05, 0) is 38.1 Å². The van der Waals surface area contributed by atoms with Crippen LogP contribution in [0.3, 0.4) is 0 Å². The van der Waals surface area contributed by atoms with Crippen LogP contribution in [-0.4, -0.2) is 20.7 Å². The molecule has 0 atom stereocenters. The third-order valence-electron chi connectivity index (χ3n) is 4.31. The number of hydrogen-bond donors (Lipinski definition) is 1. The molecule has 1 N–H and O–H groups in total. The van der Waals surface area contributed by atoms with Gasteiger partial charge in [-0.1, -0.05) is 37.3 Å². The molecule has 0 amide bonds. The van der Waals surface area contributed by atoms with E-state index in [0.29, 0.717) is 0 Å². The molecule has 0 aliphatic heterocycles. The van der Waals surface area contributed by atoms with Gasteiger partial charge in [-0.25, -0.2) is 0 Å². The second-order valence-electron chi connectivity index (χ2n) is 5.57. The van der Waals surface area contributed by atoms with E-state index in [1.165, 1.54) is 44.1 Å². The summed E-state index contributed by atoms with van der Waals surface area (Å²) in [6.07, 6.45) is 7.69. The van der Waals surface area contributed by atoms with Crippen molar-refractivity contribution in [3.63, 3.8) is 0 Å². The van der Waals surface area contributed by atoms with Crippen LogP contribution in [0.25, 0.3) is 0 Å². The van der Waals surface area contributed by atoms with E-state index in [1.54, 1.807) is 7.11 Å². The minimum absolute atomic E-state index is 0.168. The molecule has 0 unspecified atom stereocenters. The summed E-state index contributed by atoms with van der Waals surface area (Å²) in [5.41, 5.74) is 1.44. The van der Waals surface area contributed by atoms with Gasteiger partial charge in [-0.2, -0.15) is 0 Å². The number of halogens is 1. The minimum atomic E-state index is 0.168. The normalized spacial score (nSPS) is 18.9. The molecule has 1 aliphatic carbocycles. The lowest BCUT2D eigenvalue weighted by molar-refractivity contribution is 0.332. The molecule has 1 saturated carbocycles. The standard InChI is InChI=1S/C16H24ClNO/c1-18-12-16(9-5-3-4-6-10-16)14-11-13(17)7-8-15(14)19-2/h7-8,11,18H,3-6,9-10,12H2,1-2H3. The van der Waals surface area contributed by atoms with Gasteiger partial charge in [0, 0.05) is 22.5 Å². The molecule has 2 rings (SSSR count). The zero-order valence-electron chi connectivity index (χ0n) is 12.0. The van der Waals surface area contributed by atoms with Crippen LogP contribution in [0.5, 0.6) is 5.75 Å². The van der Waals surface area contributed by atoms with Gasteiger partial charge in [0.25, 0.3) is 0 Å². The van der Waals surface area contributed by atoms with Gasteiger partial charge in [0.15, 0.2) is 0 Å². The maximum Gasteiger partial charge on any atom is 0.122 e. The molecular weight excluding hydrogens is 258 g/mol. The fourth-order valence-electron chi connectivity index (χ4n) is 3.38. The summed E-state index contributed by atoms with van der Waals surface area (Å²) in [7, 11) is 3.78. The largest absolute Gasteiger partial charge is 0.496 e. The summed E-state index contributed by atoms with van der Waals surface area (Å²) in [5, 5.41) is 4.18. The predicted molar refractivity (Wildman–Crippen MR) is 81.3 cm³/mol. The van der Waals surface area contributed by atoms with Crippen LogP contribution in [0.4, 0.5) is 0 Å². The number of likely N-dealkylation sites (N-methyl/N-ethyl adjacent to an activating group) is 1. The van der Waals surface area contributed by atoms with E-state index >= 15 is 0 Å². The van der Waals surface area contributed by atoms with Crippen molar-refractivity contribution in [1.29, 1.82) is 0 Å². The molecule has 0 bridgehead atoms. The van der Waals surface area contributed by atoms with Crippen molar-refractivity contribution in [3.8, 4) is 5.75 Å². The van der Waals surface area contributed by atoms with E-state index in [1.807, 2.05) is 19.2 Å². The molecular formula is C16H24ClNO. The number of rotatable bonds is 4. The molecule has 1 aromatic carbocycles. The summed E-state index contributed by atoms with van der Waals surface area (Å²) in [4.78, 5) is 0. The first-order valence-electron chi connectivity index (χ1n) is 7.20. The Kier molecular flexibility index (Phi) is 5.12. The van der Waals surface area contributed by atoms with Gasteiger partial charge in [0.05, 0.1) is 7.11 Å². The smallest absolute Gasteiger partial charge is 0.122 e. The molecule has 0 heterocycles. The number of benzene rings is 1. The van der Waals surface area contributed by atoms with Crippen LogP contribution in [-0.2, 0) is 5.41 Å². The second kappa shape index (κ2) is 6.62. The Balaban J connectivity index is 2.44. The van der Waals surface area contributed by atoms with Gasteiger partial charge in [0.1, 0.15) is 5.75 Å². The van der Waals surface area contributed by atoms with Gasteiger partial charge in [-0.3, -0.25) is 0 Å². The minimum Gasteiger partial charge on any atom is -0.496 e. The summed E-state index contributed by atoms with van der Waals surface area (Å²) in [6.45, 7) is 0.990. The molecule has 1 aromatic rings. The van der Waals surface area contributed by atoms with E-state index in [4.69, 9.17) is 16.3 Å². The molecule has 0 aromatic heterocycles. The average molecular weight is 282 g/mol. The average Bonchev–Trinajstić information content (AvgIpc) is 2.66. The van der Waals surface area contributed by atoms with Crippen molar-refractivity contribution in [1.82, 2.24) is 5.32 Å². The van der Waals surface area contributed by atoms with Crippen molar-refractivity contribution in [2.75, 3.05) is 20.7 Å². The van der Waals surface area contributed by atoms with Crippen molar-refractivity contribution >= 4 is 11.6 Å². The first-order chi connectivity index (χ1) is 9.22. The zero-order valence-corrected chi connectivity index (χ0v) is 12.7. The fraction of sp³-hybridized carbons (Fsp3) is 0.625. The van der Waals surface area contributed by atoms with Crippen molar-refractivity contribution in [2.45, 2.75) is 43.9 Å². The lowest BCUT2D eigenvalue weighted by Crippen LogP contribution is -2.36. The van der Waals surface area contributed by atoms with E-state index < -0.39 is 0 Å². The number of nitrogens with one attached hydrogen (secondary N) is 1. The topological polar surface area (TPSA) is 21.3 Å². The quantitative estimate of drug-likeness (QED) is 0.837. The molecule has 2 nitrogen and oxygen atoms in total. The number of ether oxygens (including phenoxy) is 1.